The van der Waals surface area contributed by atoms with Gasteiger partial charge in [0.25, 0.3) is 9.05 Å². The van der Waals surface area contributed by atoms with Gasteiger partial charge in [0.05, 0.1) is 4.92 Å². The van der Waals surface area contributed by atoms with E-state index in [1.54, 1.807) is 0 Å². The zero-order valence-corrected chi connectivity index (χ0v) is 8.35. The second kappa shape index (κ2) is 3.70. The Hall–Kier alpha value is -1.28. The summed E-state index contributed by atoms with van der Waals surface area (Å²) in [6.07, 6.45) is 0. The lowest BCUT2D eigenvalue weighted by Crippen LogP contribution is -2.00. The van der Waals surface area contributed by atoms with Crippen molar-refractivity contribution in [1.82, 2.24) is 0 Å². The van der Waals surface area contributed by atoms with Gasteiger partial charge in [-0.3, -0.25) is 10.1 Å². The van der Waals surface area contributed by atoms with Crippen molar-refractivity contribution in [2.45, 2.75) is 4.90 Å². The maximum atomic E-state index is 12.9. The van der Waals surface area contributed by atoms with E-state index < -0.39 is 36.2 Å². The van der Waals surface area contributed by atoms with Crippen LogP contribution in [0.15, 0.2) is 17.0 Å². The molecule has 1 rings (SSSR count). The third-order valence-electron chi connectivity index (χ3n) is 1.46. The Labute approximate surface area is 86.8 Å². The first-order valence-electron chi connectivity index (χ1n) is 3.31. The predicted octanol–water partition coefficient (Wildman–Crippen LogP) is 1.80. The van der Waals surface area contributed by atoms with Crippen molar-refractivity contribution in [3.63, 3.8) is 0 Å². The van der Waals surface area contributed by atoms with E-state index in [1.165, 1.54) is 0 Å². The van der Waals surface area contributed by atoms with Crippen LogP contribution in [0, 0.1) is 21.7 Å². The van der Waals surface area contributed by atoms with Crippen molar-refractivity contribution in [2.75, 3.05) is 0 Å². The summed E-state index contributed by atoms with van der Waals surface area (Å²) in [6, 6.07) is 0.320. The molecule has 1 aromatic rings. The van der Waals surface area contributed by atoms with Crippen molar-refractivity contribution in [2.24, 2.45) is 0 Å². The second-order valence-electron chi connectivity index (χ2n) is 2.43. The Balaban J connectivity index is 3.58. The Bertz CT molecular complexity index is 530. The third-order valence-corrected chi connectivity index (χ3v) is 2.80. The fourth-order valence-electron chi connectivity index (χ4n) is 0.845. The van der Waals surface area contributed by atoms with E-state index >= 15 is 0 Å². The quantitative estimate of drug-likeness (QED) is 0.460. The first-order valence-corrected chi connectivity index (χ1v) is 5.62. The van der Waals surface area contributed by atoms with Crippen molar-refractivity contribution in [3.05, 3.63) is 33.9 Å². The van der Waals surface area contributed by atoms with Crippen LogP contribution in [-0.4, -0.2) is 13.3 Å². The second-order valence-corrected chi connectivity index (χ2v) is 4.96. The highest BCUT2D eigenvalue weighted by Crippen LogP contribution is 2.26. The van der Waals surface area contributed by atoms with Gasteiger partial charge < -0.3 is 0 Å². The number of rotatable bonds is 2. The lowest BCUT2D eigenvalue weighted by Gasteiger charge is -1.99. The van der Waals surface area contributed by atoms with Crippen molar-refractivity contribution >= 4 is 25.4 Å². The van der Waals surface area contributed by atoms with Gasteiger partial charge in [-0.2, -0.15) is 4.39 Å². The van der Waals surface area contributed by atoms with Crippen molar-refractivity contribution < 1.29 is 22.1 Å². The van der Waals surface area contributed by atoms with Crippen LogP contribution in [0.3, 0.4) is 0 Å². The number of benzene rings is 1. The van der Waals surface area contributed by atoms with E-state index in [-0.39, 0.29) is 12.1 Å². The zero-order chi connectivity index (χ0) is 11.8. The highest BCUT2D eigenvalue weighted by atomic mass is 35.7. The van der Waals surface area contributed by atoms with E-state index in [1.807, 2.05) is 0 Å². The van der Waals surface area contributed by atoms with Gasteiger partial charge in [-0.15, -0.1) is 0 Å². The van der Waals surface area contributed by atoms with Crippen LogP contribution in [0.2, 0.25) is 0 Å². The molecule has 0 atom stereocenters. The first kappa shape index (κ1) is 11.8. The molecule has 0 amide bonds. The normalized spacial score (nSPS) is 11.4. The van der Waals surface area contributed by atoms with Crippen LogP contribution in [0.4, 0.5) is 14.5 Å². The SMILES string of the molecule is O=[N+]([O-])c1cc(S(=O)(=O)Cl)c(F)cc1F. The lowest BCUT2D eigenvalue weighted by molar-refractivity contribution is -0.387. The highest BCUT2D eigenvalue weighted by Gasteiger charge is 2.24. The minimum atomic E-state index is -4.48. The average molecular weight is 258 g/mol. The first-order chi connectivity index (χ1) is 6.73. The summed E-state index contributed by atoms with van der Waals surface area (Å²) >= 11 is 0. The maximum Gasteiger partial charge on any atom is 0.306 e. The smallest absolute Gasteiger partial charge is 0.258 e. The van der Waals surface area contributed by atoms with Gasteiger partial charge in [-0.25, -0.2) is 12.8 Å². The minimum absolute atomic E-state index is 0.0907. The number of halogens is 3. The molecule has 0 radical (unpaired) electrons. The maximum absolute atomic E-state index is 12.9. The molecule has 0 aliphatic carbocycles. The van der Waals surface area contributed by atoms with Crippen LogP contribution in [0.1, 0.15) is 0 Å². The van der Waals surface area contributed by atoms with Crippen LogP contribution in [-0.2, 0) is 9.05 Å². The van der Waals surface area contributed by atoms with E-state index in [4.69, 9.17) is 10.7 Å². The molecule has 82 valence electrons. The van der Waals surface area contributed by atoms with Crippen molar-refractivity contribution in [1.29, 1.82) is 0 Å². The molecular weight excluding hydrogens is 256 g/mol. The van der Waals surface area contributed by atoms with Crippen LogP contribution in [0.25, 0.3) is 0 Å². The minimum Gasteiger partial charge on any atom is -0.258 e. The summed E-state index contributed by atoms with van der Waals surface area (Å²) < 4.78 is 47.1. The molecule has 0 spiro atoms. The highest BCUT2D eigenvalue weighted by molar-refractivity contribution is 8.13. The summed E-state index contributed by atoms with van der Waals surface area (Å²) in [4.78, 5) is 7.91. The number of nitro groups is 1. The van der Waals surface area contributed by atoms with E-state index in [9.17, 15) is 27.3 Å². The number of nitro benzene ring substituents is 1. The fourth-order valence-corrected chi connectivity index (χ4v) is 1.74. The lowest BCUT2D eigenvalue weighted by atomic mass is 10.3. The van der Waals surface area contributed by atoms with Crippen molar-refractivity contribution in [3.8, 4) is 0 Å². The topological polar surface area (TPSA) is 77.3 Å². The average Bonchev–Trinajstić information content (AvgIpc) is 2.00. The van der Waals surface area contributed by atoms with E-state index in [2.05, 4.69) is 0 Å². The molecule has 0 unspecified atom stereocenters. The predicted molar refractivity (Wildman–Crippen MR) is 46.1 cm³/mol. The Morgan fingerprint density at radius 2 is 1.80 bits per heavy atom. The molecule has 9 heteroatoms. The number of nitrogens with zero attached hydrogens (tertiary/aromatic N) is 1. The molecule has 0 saturated carbocycles. The van der Waals surface area contributed by atoms with Gasteiger partial charge in [0, 0.05) is 22.8 Å². The van der Waals surface area contributed by atoms with Gasteiger partial charge in [-0.05, 0) is 0 Å². The Morgan fingerprint density at radius 3 is 2.20 bits per heavy atom. The summed E-state index contributed by atoms with van der Waals surface area (Å²) in [7, 11) is 0.300. The molecule has 0 fully saturated rings. The summed E-state index contributed by atoms with van der Waals surface area (Å²) in [6.45, 7) is 0. The van der Waals surface area contributed by atoms with Gasteiger partial charge in [0.15, 0.2) is 0 Å². The number of hydrogen-bond donors (Lipinski definition) is 0. The summed E-state index contributed by atoms with van der Waals surface area (Å²) in [5.41, 5.74) is -1.16. The molecule has 0 saturated heterocycles. The molecule has 0 bridgehead atoms. The molecule has 5 nitrogen and oxygen atoms in total. The third kappa shape index (κ3) is 2.39. The van der Waals surface area contributed by atoms with Gasteiger partial charge in [0.2, 0.25) is 5.82 Å². The summed E-state index contributed by atoms with van der Waals surface area (Å²) in [5, 5.41) is 10.2. The van der Waals surface area contributed by atoms with E-state index in [0.717, 1.165) is 0 Å². The van der Waals surface area contributed by atoms with Crippen LogP contribution >= 0.6 is 10.7 Å². The summed E-state index contributed by atoms with van der Waals surface area (Å²) in [5.74, 6) is -2.95. The number of hydrogen-bond acceptors (Lipinski definition) is 4. The Morgan fingerprint density at radius 1 is 1.27 bits per heavy atom. The van der Waals surface area contributed by atoms with E-state index in [0.29, 0.717) is 0 Å². The molecular formula is C6H2ClF2NO4S. The van der Waals surface area contributed by atoms with Gasteiger partial charge in [0.1, 0.15) is 10.7 Å². The van der Waals surface area contributed by atoms with Gasteiger partial charge in [-0.1, -0.05) is 0 Å². The zero-order valence-electron chi connectivity index (χ0n) is 6.78. The Kier molecular flexibility index (Phi) is 2.91. The molecule has 0 aliphatic rings. The van der Waals surface area contributed by atoms with Crippen LogP contribution in [0.5, 0.6) is 0 Å². The van der Waals surface area contributed by atoms with Gasteiger partial charge >= 0.3 is 5.69 Å². The monoisotopic (exact) mass is 257 g/mol. The van der Waals surface area contributed by atoms with Crippen LogP contribution < -0.4 is 0 Å². The standard InChI is InChI=1S/C6H2ClF2NO4S/c7-15(13,14)6-2-5(10(11)12)3(8)1-4(6)9/h1-2H. The molecule has 0 aliphatic heterocycles. The molecule has 0 aromatic heterocycles. The largest absolute Gasteiger partial charge is 0.306 e. The molecule has 0 N–H and O–H groups in total. The fraction of sp³-hybridized carbons (Fsp3) is 0. The molecule has 0 heterocycles. The molecule has 1 aromatic carbocycles. The molecule has 15 heavy (non-hydrogen) atoms.